The zero-order valence-corrected chi connectivity index (χ0v) is 11.7. The van der Waals surface area contributed by atoms with E-state index >= 15 is 0 Å². The Kier molecular flexibility index (Phi) is 4.47. The summed E-state index contributed by atoms with van der Waals surface area (Å²) in [5, 5.41) is 11.0. The highest BCUT2D eigenvalue weighted by molar-refractivity contribution is 6.01. The molecule has 112 valence electrons. The van der Waals surface area contributed by atoms with E-state index in [2.05, 4.69) is 10.9 Å². The molecule has 22 heavy (non-hydrogen) atoms. The van der Waals surface area contributed by atoms with Crippen LogP contribution in [0.5, 0.6) is 0 Å². The van der Waals surface area contributed by atoms with Crippen LogP contribution >= 0.6 is 0 Å². The summed E-state index contributed by atoms with van der Waals surface area (Å²) in [6, 6.07) is 12.7. The number of nitrogens with zero attached hydrogens (tertiary/aromatic N) is 1. The summed E-state index contributed by atoms with van der Waals surface area (Å²) in [5.41, 5.74) is 4.73. The molecule has 2 aromatic carbocycles. The van der Waals surface area contributed by atoms with Gasteiger partial charge in [0.2, 0.25) is 0 Å². The molecule has 0 radical (unpaired) electrons. The van der Waals surface area contributed by atoms with E-state index < -0.39 is 16.7 Å². The van der Waals surface area contributed by atoms with E-state index in [1.54, 1.807) is 30.3 Å². The second kappa shape index (κ2) is 6.49. The predicted octanol–water partition coefficient (Wildman–Crippen LogP) is 1.98. The summed E-state index contributed by atoms with van der Waals surface area (Å²) in [6.45, 7) is 1.54. The fourth-order valence-electron chi connectivity index (χ4n) is 1.93. The standard InChI is InChI=1S/C15H13N3O4/c1-10-6-5-9-12(13(10)18(21)22)15(20)17-16-14(19)11-7-3-2-4-8-11/h2-9H,1H3,(H,16,19)(H,17,20). The van der Waals surface area contributed by atoms with Crippen molar-refractivity contribution in [3.8, 4) is 0 Å². The molecule has 2 N–H and O–H groups in total. The third-order valence-corrected chi connectivity index (χ3v) is 2.99. The summed E-state index contributed by atoms with van der Waals surface area (Å²) in [7, 11) is 0. The fourth-order valence-corrected chi connectivity index (χ4v) is 1.93. The van der Waals surface area contributed by atoms with Crippen molar-refractivity contribution in [3.63, 3.8) is 0 Å². The molecule has 0 aromatic heterocycles. The monoisotopic (exact) mass is 299 g/mol. The maximum atomic E-state index is 12.0. The number of nitrogens with one attached hydrogen (secondary N) is 2. The van der Waals surface area contributed by atoms with E-state index in [1.807, 2.05) is 0 Å². The minimum absolute atomic E-state index is 0.113. The number of aryl methyl sites for hydroxylation is 1. The number of hydrogen-bond donors (Lipinski definition) is 2. The van der Waals surface area contributed by atoms with Crippen molar-refractivity contribution >= 4 is 17.5 Å². The molecule has 0 aliphatic carbocycles. The average Bonchev–Trinajstić information content (AvgIpc) is 2.52. The first kappa shape index (κ1) is 15.2. The van der Waals surface area contributed by atoms with Crippen molar-refractivity contribution in [3.05, 3.63) is 75.3 Å². The molecule has 0 bridgehead atoms. The molecule has 0 heterocycles. The largest absolute Gasteiger partial charge is 0.285 e. The third-order valence-electron chi connectivity index (χ3n) is 2.99. The Morgan fingerprint density at radius 3 is 2.23 bits per heavy atom. The van der Waals surface area contributed by atoms with Crippen LogP contribution in [-0.4, -0.2) is 16.7 Å². The van der Waals surface area contributed by atoms with Crippen LogP contribution in [0.4, 0.5) is 5.69 Å². The highest BCUT2D eigenvalue weighted by atomic mass is 16.6. The molecule has 2 rings (SSSR count). The van der Waals surface area contributed by atoms with E-state index in [0.717, 1.165) is 0 Å². The van der Waals surface area contributed by atoms with Gasteiger partial charge in [0.1, 0.15) is 5.56 Å². The van der Waals surface area contributed by atoms with Gasteiger partial charge in [-0.15, -0.1) is 0 Å². The van der Waals surface area contributed by atoms with E-state index in [0.29, 0.717) is 11.1 Å². The molecule has 0 fully saturated rings. The molecule has 0 atom stereocenters. The van der Waals surface area contributed by atoms with Gasteiger partial charge in [0, 0.05) is 11.1 Å². The topological polar surface area (TPSA) is 101 Å². The first-order valence-corrected chi connectivity index (χ1v) is 6.40. The number of nitro groups is 1. The number of rotatable bonds is 3. The van der Waals surface area contributed by atoms with Gasteiger partial charge in [-0.05, 0) is 25.1 Å². The summed E-state index contributed by atoms with van der Waals surface area (Å²) in [6.07, 6.45) is 0. The van der Waals surface area contributed by atoms with Crippen molar-refractivity contribution in [2.75, 3.05) is 0 Å². The van der Waals surface area contributed by atoms with Crippen LogP contribution in [-0.2, 0) is 0 Å². The van der Waals surface area contributed by atoms with E-state index in [-0.39, 0.29) is 11.3 Å². The van der Waals surface area contributed by atoms with Gasteiger partial charge in [-0.2, -0.15) is 0 Å². The van der Waals surface area contributed by atoms with Crippen LogP contribution in [0.25, 0.3) is 0 Å². The van der Waals surface area contributed by atoms with Gasteiger partial charge in [-0.25, -0.2) is 0 Å². The predicted molar refractivity (Wildman–Crippen MR) is 79.2 cm³/mol. The number of amides is 2. The molecule has 2 amide bonds. The quantitative estimate of drug-likeness (QED) is 0.668. The zero-order valence-electron chi connectivity index (χ0n) is 11.7. The lowest BCUT2D eigenvalue weighted by Gasteiger charge is -2.08. The van der Waals surface area contributed by atoms with Gasteiger partial charge in [-0.3, -0.25) is 30.6 Å². The van der Waals surface area contributed by atoms with Gasteiger partial charge in [0.25, 0.3) is 17.5 Å². The Labute approximate surface area is 126 Å². The fraction of sp³-hybridized carbons (Fsp3) is 0.0667. The van der Waals surface area contributed by atoms with Crippen molar-refractivity contribution < 1.29 is 14.5 Å². The van der Waals surface area contributed by atoms with Crippen molar-refractivity contribution in [1.29, 1.82) is 0 Å². The lowest BCUT2D eigenvalue weighted by Crippen LogP contribution is -2.41. The van der Waals surface area contributed by atoms with Crippen LogP contribution < -0.4 is 10.9 Å². The molecule has 0 spiro atoms. The van der Waals surface area contributed by atoms with Gasteiger partial charge in [0.05, 0.1) is 4.92 Å². The number of para-hydroxylation sites is 1. The summed E-state index contributed by atoms with van der Waals surface area (Å²) in [4.78, 5) is 34.3. The van der Waals surface area contributed by atoms with Crippen LogP contribution in [0.1, 0.15) is 26.3 Å². The molecule has 0 saturated heterocycles. The molecule has 0 unspecified atom stereocenters. The van der Waals surface area contributed by atoms with Gasteiger partial charge in [0.15, 0.2) is 0 Å². The molecule has 7 nitrogen and oxygen atoms in total. The molecule has 0 saturated carbocycles. The second-order valence-electron chi connectivity index (χ2n) is 4.50. The average molecular weight is 299 g/mol. The summed E-state index contributed by atoms with van der Waals surface area (Å²) < 4.78 is 0. The Hall–Kier alpha value is -3.22. The van der Waals surface area contributed by atoms with E-state index in [9.17, 15) is 19.7 Å². The summed E-state index contributed by atoms with van der Waals surface area (Å²) >= 11 is 0. The van der Waals surface area contributed by atoms with Crippen molar-refractivity contribution in [2.45, 2.75) is 6.92 Å². The Morgan fingerprint density at radius 2 is 1.59 bits per heavy atom. The van der Waals surface area contributed by atoms with Gasteiger partial charge in [-0.1, -0.05) is 30.3 Å². The van der Waals surface area contributed by atoms with Crippen LogP contribution in [0.15, 0.2) is 48.5 Å². The minimum Gasteiger partial charge on any atom is -0.267 e. The molecule has 7 heteroatoms. The van der Waals surface area contributed by atoms with Crippen molar-refractivity contribution in [2.24, 2.45) is 0 Å². The van der Waals surface area contributed by atoms with Gasteiger partial charge < -0.3 is 0 Å². The highest BCUT2D eigenvalue weighted by Gasteiger charge is 2.22. The summed E-state index contributed by atoms with van der Waals surface area (Å²) in [5.74, 6) is -1.26. The van der Waals surface area contributed by atoms with Crippen LogP contribution in [0.3, 0.4) is 0 Å². The van der Waals surface area contributed by atoms with Crippen LogP contribution in [0, 0.1) is 17.0 Å². The lowest BCUT2D eigenvalue weighted by atomic mass is 10.1. The normalized spacial score (nSPS) is 9.86. The lowest BCUT2D eigenvalue weighted by molar-refractivity contribution is -0.385. The highest BCUT2D eigenvalue weighted by Crippen LogP contribution is 2.22. The van der Waals surface area contributed by atoms with Gasteiger partial charge >= 0.3 is 0 Å². The minimum atomic E-state index is -0.750. The number of nitro benzene ring substituents is 1. The molecular weight excluding hydrogens is 286 g/mol. The molecular formula is C15H13N3O4. The number of carbonyl (C=O) groups excluding carboxylic acids is 2. The maximum absolute atomic E-state index is 12.0. The zero-order chi connectivity index (χ0) is 16.1. The Balaban J connectivity index is 2.12. The first-order valence-electron chi connectivity index (χ1n) is 6.40. The third kappa shape index (κ3) is 3.26. The number of benzene rings is 2. The molecule has 2 aromatic rings. The Morgan fingerprint density at radius 1 is 0.955 bits per heavy atom. The molecule has 0 aliphatic heterocycles. The number of hydrazine groups is 1. The smallest absolute Gasteiger partial charge is 0.267 e. The Bertz CT molecular complexity index is 729. The second-order valence-corrected chi connectivity index (χ2v) is 4.50. The molecule has 0 aliphatic rings. The van der Waals surface area contributed by atoms with E-state index in [4.69, 9.17) is 0 Å². The first-order chi connectivity index (χ1) is 10.5. The van der Waals surface area contributed by atoms with Crippen LogP contribution in [0.2, 0.25) is 0 Å². The van der Waals surface area contributed by atoms with Crippen molar-refractivity contribution in [1.82, 2.24) is 10.9 Å². The SMILES string of the molecule is Cc1cccc(C(=O)NNC(=O)c2ccccc2)c1[N+](=O)[O-]. The number of hydrogen-bond acceptors (Lipinski definition) is 4. The van der Waals surface area contributed by atoms with E-state index in [1.165, 1.54) is 25.1 Å². The maximum Gasteiger partial charge on any atom is 0.285 e. The number of carbonyl (C=O) groups is 2.